The summed E-state index contributed by atoms with van der Waals surface area (Å²) in [5.41, 5.74) is -0.612. The largest absolute Gasteiger partial charge is 0.469 e. The molecule has 0 aromatic rings. The fourth-order valence-electron chi connectivity index (χ4n) is 1.37. The Hall–Kier alpha value is -0.570. The van der Waals surface area contributed by atoms with Crippen LogP contribution in [-0.4, -0.2) is 18.3 Å². The van der Waals surface area contributed by atoms with Crippen LogP contribution in [0.4, 0.5) is 0 Å². The Morgan fingerprint density at radius 2 is 2.00 bits per heavy atom. The van der Waals surface area contributed by atoms with Gasteiger partial charge in [-0.1, -0.05) is 13.8 Å². The third-order valence-electron chi connectivity index (χ3n) is 2.60. The van der Waals surface area contributed by atoms with Crippen LogP contribution in [0.3, 0.4) is 0 Å². The molecule has 0 saturated heterocycles. The van der Waals surface area contributed by atoms with Crippen molar-refractivity contribution in [1.82, 2.24) is 0 Å². The van der Waals surface area contributed by atoms with Crippen LogP contribution < -0.4 is 0 Å². The van der Waals surface area contributed by atoms with Crippen molar-refractivity contribution in [3.05, 3.63) is 0 Å². The molecule has 0 aromatic carbocycles. The van der Waals surface area contributed by atoms with E-state index in [1.165, 1.54) is 7.11 Å². The minimum absolute atomic E-state index is 0.287. The van der Waals surface area contributed by atoms with E-state index in [1.807, 2.05) is 6.92 Å². The summed E-state index contributed by atoms with van der Waals surface area (Å²) < 4.78 is 4.69. The van der Waals surface area contributed by atoms with Gasteiger partial charge in [-0.05, 0) is 31.4 Å². The number of rotatable bonds is 5. The van der Waals surface area contributed by atoms with Gasteiger partial charge in [-0.2, -0.15) is 0 Å². The van der Waals surface area contributed by atoms with Crippen LogP contribution in [0.1, 0.15) is 33.6 Å². The summed E-state index contributed by atoms with van der Waals surface area (Å²) in [5, 5.41) is -0.409. The predicted octanol–water partition coefficient (Wildman–Crippen LogP) is 2.37. The standard InChI is InChI=1S/C10H17ClO3/c1-5-10(3,9(13)14-4)6-7(2)8(11)12/h7H,5-6H2,1-4H3. The molecule has 82 valence electrons. The molecule has 0 amide bonds. The number of esters is 1. The Morgan fingerprint density at radius 1 is 1.50 bits per heavy atom. The van der Waals surface area contributed by atoms with Gasteiger partial charge in [0.25, 0.3) is 0 Å². The van der Waals surface area contributed by atoms with E-state index in [9.17, 15) is 9.59 Å². The summed E-state index contributed by atoms with van der Waals surface area (Å²) in [7, 11) is 1.35. The van der Waals surface area contributed by atoms with Gasteiger partial charge in [0.05, 0.1) is 12.5 Å². The first-order valence-corrected chi connectivity index (χ1v) is 5.03. The lowest BCUT2D eigenvalue weighted by molar-refractivity contribution is -0.153. The Kier molecular flexibility index (Phi) is 5.13. The predicted molar refractivity (Wildman–Crippen MR) is 55.1 cm³/mol. The number of carbonyl (C=O) groups excluding carboxylic acids is 2. The third-order valence-corrected chi connectivity index (χ3v) is 2.98. The number of hydrogen-bond donors (Lipinski definition) is 0. The molecule has 3 nitrogen and oxygen atoms in total. The molecule has 2 unspecified atom stereocenters. The average molecular weight is 221 g/mol. The zero-order chi connectivity index (χ0) is 11.4. The molecule has 0 aliphatic rings. The van der Waals surface area contributed by atoms with Gasteiger partial charge < -0.3 is 4.74 Å². The van der Waals surface area contributed by atoms with Gasteiger partial charge in [-0.25, -0.2) is 0 Å². The van der Waals surface area contributed by atoms with Crippen LogP contribution in [0.2, 0.25) is 0 Å². The maximum Gasteiger partial charge on any atom is 0.311 e. The van der Waals surface area contributed by atoms with Crippen molar-refractivity contribution in [2.45, 2.75) is 33.6 Å². The molecular formula is C10H17ClO3. The van der Waals surface area contributed by atoms with Crippen molar-refractivity contribution in [1.29, 1.82) is 0 Å². The van der Waals surface area contributed by atoms with Crippen LogP contribution in [-0.2, 0) is 14.3 Å². The minimum atomic E-state index is -0.612. The second kappa shape index (κ2) is 5.35. The monoisotopic (exact) mass is 220 g/mol. The molecule has 0 fully saturated rings. The van der Waals surface area contributed by atoms with Gasteiger partial charge in [0.1, 0.15) is 0 Å². The quantitative estimate of drug-likeness (QED) is 0.528. The molecule has 4 heteroatoms. The Labute approximate surface area is 89.8 Å². The summed E-state index contributed by atoms with van der Waals surface area (Å²) >= 11 is 5.35. The first-order valence-electron chi connectivity index (χ1n) is 4.65. The Balaban J connectivity index is 4.55. The lowest BCUT2D eigenvalue weighted by Gasteiger charge is -2.26. The van der Waals surface area contributed by atoms with E-state index in [1.54, 1.807) is 13.8 Å². The van der Waals surface area contributed by atoms with Crippen LogP contribution in [0.25, 0.3) is 0 Å². The van der Waals surface area contributed by atoms with Crippen molar-refractivity contribution in [2.24, 2.45) is 11.3 Å². The first-order chi connectivity index (χ1) is 6.37. The van der Waals surface area contributed by atoms with Crippen molar-refractivity contribution in [3.63, 3.8) is 0 Å². The number of hydrogen-bond acceptors (Lipinski definition) is 3. The van der Waals surface area contributed by atoms with E-state index in [0.29, 0.717) is 12.8 Å². The van der Waals surface area contributed by atoms with Crippen molar-refractivity contribution >= 4 is 22.8 Å². The van der Waals surface area contributed by atoms with Gasteiger partial charge >= 0.3 is 5.97 Å². The summed E-state index contributed by atoms with van der Waals surface area (Å²) in [5.74, 6) is -0.606. The highest BCUT2D eigenvalue weighted by molar-refractivity contribution is 6.63. The van der Waals surface area contributed by atoms with E-state index in [-0.39, 0.29) is 11.9 Å². The van der Waals surface area contributed by atoms with Gasteiger partial charge in [0.15, 0.2) is 0 Å². The number of methoxy groups -OCH3 is 1. The number of halogens is 1. The molecule has 0 aliphatic heterocycles. The van der Waals surface area contributed by atoms with Crippen molar-refractivity contribution < 1.29 is 14.3 Å². The minimum Gasteiger partial charge on any atom is -0.469 e. The molecule has 2 atom stereocenters. The lowest BCUT2D eigenvalue weighted by atomic mass is 9.79. The Bertz CT molecular complexity index is 227. The summed E-state index contributed by atoms with van der Waals surface area (Å²) in [6, 6.07) is 0. The third kappa shape index (κ3) is 3.29. The maximum atomic E-state index is 11.4. The van der Waals surface area contributed by atoms with E-state index < -0.39 is 10.7 Å². The van der Waals surface area contributed by atoms with Gasteiger partial charge in [0, 0.05) is 5.92 Å². The molecule has 0 heterocycles. The van der Waals surface area contributed by atoms with Gasteiger partial charge in [-0.15, -0.1) is 0 Å². The molecule has 0 spiro atoms. The Morgan fingerprint density at radius 3 is 2.29 bits per heavy atom. The SMILES string of the molecule is CCC(C)(CC(C)C(=O)Cl)C(=O)OC. The second-order valence-electron chi connectivity index (χ2n) is 3.82. The van der Waals surface area contributed by atoms with E-state index in [4.69, 9.17) is 16.3 Å². The van der Waals surface area contributed by atoms with Crippen molar-refractivity contribution in [3.8, 4) is 0 Å². The zero-order valence-corrected chi connectivity index (χ0v) is 9.85. The van der Waals surface area contributed by atoms with Crippen molar-refractivity contribution in [2.75, 3.05) is 7.11 Å². The normalized spacial score (nSPS) is 16.9. The molecule has 0 bridgehead atoms. The highest BCUT2D eigenvalue weighted by Crippen LogP contribution is 2.31. The number of ether oxygens (including phenoxy) is 1. The smallest absolute Gasteiger partial charge is 0.311 e. The van der Waals surface area contributed by atoms with Gasteiger partial charge in [-0.3, -0.25) is 9.59 Å². The van der Waals surface area contributed by atoms with Crippen LogP contribution in [0, 0.1) is 11.3 Å². The van der Waals surface area contributed by atoms with Crippen LogP contribution in [0.5, 0.6) is 0 Å². The maximum absolute atomic E-state index is 11.4. The lowest BCUT2D eigenvalue weighted by Crippen LogP contribution is -2.31. The summed E-state index contributed by atoms with van der Waals surface area (Å²) in [4.78, 5) is 22.3. The van der Waals surface area contributed by atoms with E-state index >= 15 is 0 Å². The van der Waals surface area contributed by atoms with E-state index in [0.717, 1.165) is 0 Å². The fourth-order valence-corrected chi connectivity index (χ4v) is 1.45. The number of carbonyl (C=O) groups is 2. The average Bonchev–Trinajstić information content (AvgIpc) is 2.15. The molecular weight excluding hydrogens is 204 g/mol. The second-order valence-corrected chi connectivity index (χ2v) is 4.19. The molecule has 0 radical (unpaired) electrons. The molecule has 0 N–H and O–H groups in total. The highest BCUT2D eigenvalue weighted by Gasteiger charge is 2.35. The van der Waals surface area contributed by atoms with Gasteiger partial charge in [0.2, 0.25) is 5.24 Å². The molecule has 0 aromatic heterocycles. The van der Waals surface area contributed by atoms with Crippen LogP contribution >= 0.6 is 11.6 Å². The molecule has 14 heavy (non-hydrogen) atoms. The van der Waals surface area contributed by atoms with E-state index in [2.05, 4.69) is 0 Å². The summed E-state index contributed by atoms with van der Waals surface area (Å²) in [6.07, 6.45) is 1.06. The molecule has 0 rings (SSSR count). The van der Waals surface area contributed by atoms with Crippen LogP contribution in [0.15, 0.2) is 0 Å². The zero-order valence-electron chi connectivity index (χ0n) is 9.09. The molecule has 0 saturated carbocycles. The highest BCUT2D eigenvalue weighted by atomic mass is 35.5. The fraction of sp³-hybridized carbons (Fsp3) is 0.800. The summed E-state index contributed by atoms with van der Waals surface area (Å²) in [6.45, 7) is 5.39. The topological polar surface area (TPSA) is 43.4 Å². The first kappa shape index (κ1) is 13.4. The molecule has 0 aliphatic carbocycles.